The van der Waals surface area contributed by atoms with Crippen LogP contribution in [0.3, 0.4) is 0 Å². The van der Waals surface area contributed by atoms with Gasteiger partial charge in [-0.1, -0.05) is 67.6 Å². The molecule has 1 atom stereocenters. The normalized spacial score (nSPS) is 15.2. The number of hydrogen-bond acceptors (Lipinski definition) is 3. The van der Waals surface area contributed by atoms with Gasteiger partial charge in [0.25, 0.3) is 5.91 Å². The van der Waals surface area contributed by atoms with Crippen LogP contribution in [0.2, 0.25) is 0 Å². The molecule has 138 valence electrons. The highest BCUT2D eigenvalue weighted by Gasteiger charge is 2.30. The summed E-state index contributed by atoms with van der Waals surface area (Å²) in [6.07, 6.45) is 1.55. The van der Waals surface area contributed by atoms with Gasteiger partial charge in [-0.3, -0.25) is 4.79 Å². The van der Waals surface area contributed by atoms with Crippen molar-refractivity contribution < 1.29 is 4.79 Å². The maximum Gasteiger partial charge on any atom is 0.256 e. The van der Waals surface area contributed by atoms with E-state index >= 15 is 0 Å². The molecule has 1 amide bonds. The Labute approximate surface area is 159 Å². The van der Waals surface area contributed by atoms with Gasteiger partial charge in [-0.2, -0.15) is 5.10 Å². The molecule has 5 nitrogen and oxygen atoms in total. The first-order valence-electron chi connectivity index (χ1n) is 9.49. The van der Waals surface area contributed by atoms with Crippen molar-refractivity contribution in [1.82, 2.24) is 15.1 Å². The second kappa shape index (κ2) is 7.66. The molecule has 0 spiro atoms. The Morgan fingerprint density at radius 1 is 1.15 bits per heavy atom. The number of fused-ring (bicyclic) bond motifs is 1. The number of rotatable bonds is 6. The van der Waals surface area contributed by atoms with Crippen LogP contribution in [0.15, 0.2) is 60.7 Å². The van der Waals surface area contributed by atoms with E-state index in [9.17, 15) is 4.79 Å². The summed E-state index contributed by atoms with van der Waals surface area (Å²) in [7, 11) is 0. The first-order valence-corrected chi connectivity index (χ1v) is 9.49. The molecule has 0 fully saturated rings. The van der Waals surface area contributed by atoms with Gasteiger partial charge in [0, 0.05) is 6.54 Å². The Morgan fingerprint density at radius 2 is 1.85 bits per heavy atom. The SMILES string of the molecule is CCc1nn2c(c1C(=O)NCCc1ccccc1)N[C@@H](c1ccccc1)C2. The zero-order valence-electron chi connectivity index (χ0n) is 15.5. The van der Waals surface area contributed by atoms with Crippen molar-refractivity contribution in [3.8, 4) is 0 Å². The van der Waals surface area contributed by atoms with Crippen molar-refractivity contribution in [3.05, 3.63) is 83.0 Å². The van der Waals surface area contributed by atoms with E-state index in [0.29, 0.717) is 12.1 Å². The lowest BCUT2D eigenvalue weighted by atomic mass is 10.1. The number of aromatic nitrogens is 2. The number of nitrogens with one attached hydrogen (secondary N) is 2. The van der Waals surface area contributed by atoms with Crippen molar-refractivity contribution in [2.24, 2.45) is 0 Å². The molecule has 0 saturated heterocycles. The summed E-state index contributed by atoms with van der Waals surface area (Å²) in [6.45, 7) is 3.38. The fourth-order valence-electron chi connectivity index (χ4n) is 3.59. The van der Waals surface area contributed by atoms with Crippen LogP contribution in [0, 0.1) is 0 Å². The van der Waals surface area contributed by atoms with Gasteiger partial charge in [0.15, 0.2) is 0 Å². The largest absolute Gasteiger partial charge is 0.361 e. The lowest BCUT2D eigenvalue weighted by molar-refractivity contribution is 0.0954. The summed E-state index contributed by atoms with van der Waals surface area (Å²) in [5.74, 6) is 0.781. The number of carbonyl (C=O) groups is 1. The van der Waals surface area contributed by atoms with Gasteiger partial charge in [0.2, 0.25) is 0 Å². The molecule has 1 aliphatic rings. The van der Waals surface area contributed by atoms with E-state index in [-0.39, 0.29) is 11.9 Å². The summed E-state index contributed by atoms with van der Waals surface area (Å²) >= 11 is 0. The Bertz CT molecular complexity index is 918. The van der Waals surface area contributed by atoms with Gasteiger partial charge < -0.3 is 10.6 Å². The Balaban J connectivity index is 1.47. The van der Waals surface area contributed by atoms with Crippen molar-refractivity contribution >= 4 is 11.7 Å². The van der Waals surface area contributed by atoms with E-state index in [1.165, 1.54) is 11.1 Å². The molecular weight excluding hydrogens is 336 g/mol. The highest BCUT2D eigenvalue weighted by atomic mass is 16.1. The minimum absolute atomic E-state index is 0.0507. The number of amides is 1. The van der Waals surface area contributed by atoms with Gasteiger partial charge in [0.05, 0.1) is 18.3 Å². The van der Waals surface area contributed by atoms with Crippen molar-refractivity contribution in [2.75, 3.05) is 11.9 Å². The third-order valence-electron chi connectivity index (χ3n) is 5.00. The first kappa shape index (κ1) is 17.3. The average Bonchev–Trinajstić information content (AvgIpc) is 3.27. The van der Waals surface area contributed by atoms with Crippen molar-refractivity contribution in [1.29, 1.82) is 0 Å². The molecule has 0 radical (unpaired) electrons. The maximum absolute atomic E-state index is 12.9. The predicted octanol–water partition coefficient (Wildman–Crippen LogP) is 3.58. The molecule has 0 unspecified atom stereocenters. The molecule has 1 aliphatic heterocycles. The van der Waals surface area contributed by atoms with Crippen LogP contribution in [0.4, 0.5) is 5.82 Å². The molecule has 5 heteroatoms. The molecule has 27 heavy (non-hydrogen) atoms. The van der Waals surface area contributed by atoms with Gasteiger partial charge in [-0.25, -0.2) is 4.68 Å². The Kier molecular flexibility index (Phi) is 4.92. The van der Waals surface area contributed by atoms with E-state index in [1.54, 1.807) is 0 Å². The van der Waals surface area contributed by atoms with Crippen LogP contribution in [0.1, 0.15) is 40.1 Å². The second-order valence-corrected chi connectivity index (χ2v) is 6.81. The van der Waals surface area contributed by atoms with Crippen LogP contribution in [0.5, 0.6) is 0 Å². The number of carbonyl (C=O) groups excluding carboxylic acids is 1. The number of nitrogens with zero attached hydrogens (tertiary/aromatic N) is 2. The minimum atomic E-state index is -0.0507. The topological polar surface area (TPSA) is 59.0 Å². The number of anilines is 1. The fourth-order valence-corrected chi connectivity index (χ4v) is 3.59. The monoisotopic (exact) mass is 360 g/mol. The van der Waals surface area contributed by atoms with Crippen LogP contribution in [-0.2, 0) is 19.4 Å². The summed E-state index contributed by atoms with van der Waals surface area (Å²) < 4.78 is 1.93. The molecular formula is C22H24N4O. The van der Waals surface area contributed by atoms with Crippen LogP contribution in [0.25, 0.3) is 0 Å². The van der Waals surface area contributed by atoms with Gasteiger partial charge in [-0.05, 0) is 24.0 Å². The molecule has 4 rings (SSSR count). The standard InChI is InChI=1S/C22H24N4O/c1-2-18-20(22(27)23-14-13-16-9-5-3-6-10-16)21-24-19(15-26(21)25-18)17-11-7-4-8-12-17/h3-12,19,24H,2,13-15H2,1H3,(H,23,27)/t19-/m1/s1. The van der Waals surface area contributed by atoms with Gasteiger partial charge in [-0.15, -0.1) is 0 Å². The third-order valence-corrected chi connectivity index (χ3v) is 5.00. The molecule has 0 aliphatic carbocycles. The molecule has 0 saturated carbocycles. The number of hydrogen-bond donors (Lipinski definition) is 2. The molecule has 2 aromatic carbocycles. The van der Waals surface area contributed by atoms with Gasteiger partial charge >= 0.3 is 0 Å². The Hall–Kier alpha value is -3.08. The lowest BCUT2D eigenvalue weighted by Gasteiger charge is -2.12. The summed E-state index contributed by atoms with van der Waals surface area (Å²) in [6, 6.07) is 20.6. The van der Waals surface area contributed by atoms with E-state index in [4.69, 9.17) is 0 Å². The van der Waals surface area contributed by atoms with E-state index in [0.717, 1.165) is 30.9 Å². The third kappa shape index (κ3) is 3.58. The minimum Gasteiger partial charge on any atom is -0.361 e. The molecule has 0 bridgehead atoms. The number of benzene rings is 2. The molecule has 2 N–H and O–H groups in total. The smallest absolute Gasteiger partial charge is 0.256 e. The average molecular weight is 360 g/mol. The maximum atomic E-state index is 12.9. The second-order valence-electron chi connectivity index (χ2n) is 6.81. The summed E-state index contributed by atoms with van der Waals surface area (Å²) in [4.78, 5) is 12.9. The molecule has 3 aromatic rings. The van der Waals surface area contributed by atoms with Crippen LogP contribution in [-0.4, -0.2) is 22.2 Å². The summed E-state index contributed by atoms with van der Waals surface area (Å²) in [5, 5.41) is 11.2. The van der Waals surface area contributed by atoms with E-state index in [1.807, 2.05) is 48.0 Å². The fraction of sp³-hybridized carbons (Fsp3) is 0.273. The first-order chi connectivity index (χ1) is 13.3. The quantitative estimate of drug-likeness (QED) is 0.706. The van der Waals surface area contributed by atoms with E-state index in [2.05, 4.69) is 40.0 Å². The van der Waals surface area contributed by atoms with Crippen LogP contribution >= 0.6 is 0 Å². The predicted molar refractivity (Wildman–Crippen MR) is 107 cm³/mol. The highest BCUT2D eigenvalue weighted by molar-refractivity contribution is 6.00. The number of aryl methyl sites for hydroxylation is 1. The van der Waals surface area contributed by atoms with Crippen LogP contribution < -0.4 is 10.6 Å². The Morgan fingerprint density at radius 3 is 2.56 bits per heavy atom. The zero-order chi connectivity index (χ0) is 18.6. The van der Waals surface area contributed by atoms with Gasteiger partial charge in [0.1, 0.15) is 11.4 Å². The van der Waals surface area contributed by atoms with Crippen molar-refractivity contribution in [3.63, 3.8) is 0 Å². The lowest BCUT2D eigenvalue weighted by Crippen LogP contribution is -2.27. The highest BCUT2D eigenvalue weighted by Crippen LogP contribution is 2.33. The van der Waals surface area contributed by atoms with Crippen molar-refractivity contribution in [2.45, 2.75) is 32.4 Å². The van der Waals surface area contributed by atoms with E-state index < -0.39 is 0 Å². The zero-order valence-corrected chi connectivity index (χ0v) is 15.5. The summed E-state index contributed by atoms with van der Waals surface area (Å²) in [5.41, 5.74) is 3.96. The molecule has 1 aromatic heterocycles. The molecule has 2 heterocycles.